The Labute approximate surface area is 159 Å². The molecule has 4 heteroatoms. The summed E-state index contributed by atoms with van der Waals surface area (Å²) in [7, 11) is 0. The van der Waals surface area contributed by atoms with Crippen LogP contribution in [0.1, 0.15) is 35.7 Å². The van der Waals surface area contributed by atoms with Gasteiger partial charge < -0.3 is 10.6 Å². The second kappa shape index (κ2) is 8.81. The third kappa shape index (κ3) is 4.82. The monoisotopic (exact) mass is 358 g/mol. The van der Waals surface area contributed by atoms with Crippen molar-refractivity contribution in [3.8, 4) is 0 Å². The standard InChI is InChI=1S/C23H22N2O2/c1-17(18-11-5-2-6-12-18)24-22(26)23(27)25-21(19-13-7-3-8-14-19)20-15-9-4-10-16-20/h2-17,21H,1H3,(H,24,26)(H,25,27). The van der Waals surface area contributed by atoms with Crippen LogP contribution < -0.4 is 10.6 Å². The van der Waals surface area contributed by atoms with E-state index in [4.69, 9.17) is 0 Å². The van der Waals surface area contributed by atoms with E-state index in [0.29, 0.717) is 0 Å². The topological polar surface area (TPSA) is 58.2 Å². The summed E-state index contributed by atoms with van der Waals surface area (Å²) in [6, 6.07) is 28.1. The van der Waals surface area contributed by atoms with Gasteiger partial charge in [-0.1, -0.05) is 91.0 Å². The summed E-state index contributed by atoms with van der Waals surface area (Å²) in [4.78, 5) is 24.9. The van der Waals surface area contributed by atoms with Crippen molar-refractivity contribution in [3.05, 3.63) is 108 Å². The lowest BCUT2D eigenvalue weighted by atomic mass is 9.98. The van der Waals surface area contributed by atoms with Crippen molar-refractivity contribution in [1.82, 2.24) is 10.6 Å². The molecule has 1 unspecified atom stereocenters. The molecule has 1 atom stereocenters. The van der Waals surface area contributed by atoms with Gasteiger partial charge in [0.25, 0.3) is 0 Å². The van der Waals surface area contributed by atoms with Crippen molar-refractivity contribution >= 4 is 11.8 Å². The van der Waals surface area contributed by atoms with Crippen molar-refractivity contribution in [2.24, 2.45) is 0 Å². The van der Waals surface area contributed by atoms with Gasteiger partial charge in [-0.05, 0) is 23.6 Å². The number of hydrogen-bond acceptors (Lipinski definition) is 2. The van der Waals surface area contributed by atoms with Crippen LogP contribution in [0.15, 0.2) is 91.0 Å². The Balaban J connectivity index is 1.73. The van der Waals surface area contributed by atoms with Crippen molar-refractivity contribution in [3.63, 3.8) is 0 Å². The Kier molecular flexibility index (Phi) is 6.00. The maximum absolute atomic E-state index is 12.5. The predicted octanol–water partition coefficient (Wildman–Crippen LogP) is 3.77. The quantitative estimate of drug-likeness (QED) is 0.682. The molecule has 0 aliphatic heterocycles. The van der Waals surface area contributed by atoms with Crippen LogP contribution in [0.5, 0.6) is 0 Å². The fourth-order valence-corrected chi connectivity index (χ4v) is 2.93. The van der Waals surface area contributed by atoms with Crippen molar-refractivity contribution in [2.75, 3.05) is 0 Å². The maximum atomic E-state index is 12.5. The minimum Gasteiger partial charge on any atom is -0.341 e. The van der Waals surface area contributed by atoms with Crippen LogP contribution in [-0.2, 0) is 9.59 Å². The van der Waals surface area contributed by atoms with Gasteiger partial charge in [0.15, 0.2) is 0 Å². The molecule has 2 N–H and O–H groups in total. The Hall–Kier alpha value is -3.40. The van der Waals surface area contributed by atoms with E-state index in [0.717, 1.165) is 16.7 Å². The van der Waals surface area contributed by atoms with Crippen LogP contribution in [0.25, 0.3) is 0 Å². The molecule has 3 aromatic carbocycles. The molecule has 4 nitrogen and oxygen atoms in total. The first-order valence-electron chi connectivity index (χ1n) is 8.91. The summed E-state index contributed by atoms with van der Waals surface area (Å²) in [5, 5.41) is 5.61. The number of benzene rings is 3. The van der Waals surface area contributed by atoms with Gasteiger partial charge in [0.1, 0.15) is 0 Å². The van der Waals surface area contributed by atoms with Crippen LogP contribution in [0, 0.1) is 0 Å². The maximum Gasteiger partial charge on any atom is 0.310 e. The number of nitrogens with one attached hydrogen (secondary N) is 2. The van der Waals surface area contributed by atoms with Gasteiger partial charge in [0.05, 0.1) is 12.1 Å². The lowest BCUT2D eigenvalue weighted by Gasteiger charge is -2.20. The molecule has 0 fully saturated rings. The first-order valence-corrected chi connectivity index (χ1v) is 8.91. The highest BCUT2D eigenvalue weighted by Gasteiger charge is 2.22. The summed E-state index contributed by atoms with van der Waals surface area (Å²) >= 11 is 0. The molecule has 0 radical (unpaired) electrons. The fourth-order valence-electron chi connectivity index (χ4n) is 2.93. The molecule has 0 spiro atoms. The SMILES string of the molecule is CC(NC(=O)C(=O)NC(c1ccccc1)c1ccccc1)c1ccccc1. The molecule has 3 aromatic rings. The van der Waals surface area contributed by atoms with Crippen molar-refractivity contribution in [1.29, 1.82) is 0 Å². The Morgan fingerprint density at radius 2 is 0.963 bits per heavy atom. The second-order valence-electron chi connectivity index (χ2n) is 6.33. The third-order valence-corrected chi connectivity index (χ3v) is 4.39. The van der Waals surface area contributed by atoms with E-state index in [2.05, 4.69) is 10.6 Å². The van der Waals surface area contributed by atoms with Crippen LogP contribution in [0.2, 0.25) is 0 Å². The highest BCUT2D eigenvalue weighted by atomic mass is 16.2. The van der Waals surface area contributed by atoms with E-state index in [-0.39, 0.29) is 6.04 Å². The van der Waals surface area contributed by atoms with E-state index >= 15 is 0 Å². The molecule has 0 saturated heterocycles. The zero-order chi connectivity index (χ0) is 19.1. The molecule has 0 bridgehead atoms. The molecule has 0 heterocycles. The zero-order valence-electron chi connectivity index (χ0n) is 15.1. The molecular formula is C23H22N2O2. The van der Waals surface area contributed by atoms with Gasteiger partial charge in [-0.15, -0.1) is 0 Å². The Morgan fingerprint density at radius 3 is 1.41 bits per heavy atom. The van der Waals surface area contributed by atoms with Gasteiger partial charge in [0, 0.05) is 0 Å². The van der Waals surface area contributed by atoms with E-state index in [1.165, 1.54) is 0 Å². The number of carbonyl (C=O) groups is 2. The first kappa shape index (κ1) is 18.4. The highest BCUT2D eigenvalue weighted by molar-refractivity contribution is 6.35. The Morgan fingerprint density at radius 1 is 0.593 bits per heavy atom. The lowest BCUT2D eigenvalue weighted by molar-refractivity contribution is -0.139. The first-order chi connectivity index (χ1) is 13.1. The van der Waals surface area contributed by atoms with E-state index < -0.39 is 17.9 Å². The summed E-state index contributed by atoms with van der Waals surface area (Å²) in [5.74, 6) is -1.31. The van der Waals surface area contributed by atoms with Crippen molar-refractivity contribution in [2.45, 2.75) is 19.0 Å². The van der Waals surface area contributed by atoms with Gasteiger partial charge in [0.2, 0.25) is 0 Å². The smallest absolute Gasteiger partial charge is 0.310 e. The van der Waals surface area contributed by atoms with Gasteiger partial charge in [-0.25, -0.2) is 0 Å². The molecule has 3 rings (SSSR count). The van der Waals surface area contributed by atoms with Gasteiger partial charge in [-0.2, -0.15) is 0 Å². The molecule has 0 aliphatic carbocycles. The molecule has 0 aliphatic rings. The number of amides is 2. The van der Waals surface area contributed by atoms with Crippen LogP contribution in [0.4, 0.5) is 0 Å². The number of hydrogen-bond donors (Lipinski definition) is 2. The normalized spacial score (nSPS) is 11.6. The summed E-state index contributed by atoms with van der Waals surface area (Å²) in [6.45, 7) is 1.85. The van der Waals surface area contributed by atoms with Crippen LogP contribution in [-0.4, -0.2) is 11.8 Å². The van der Waals surface area contributed by atoms with E-state index in [1.54, 1.807) is 0 Å². The molecular weight excluding hydrogens is 336 g/mol. The van der Waals surface area contributed by atoms with Gasteiger partial charge in [-0.3, -0.25) is 9.59 Å². The molecule has 0 aromatic heterocycles. The number of rotatable bonds is 5. The predicted molar refractivity (Wildman–Crippen MR) is 106 cm³/mol. The number of carbonyl (C=O) groups excluding carboxylic acids is 2. The second-order valence-corrected chi connectivity index (χ2v) is 6.33. The third-order valence-electron chi connectivity index (χ3n) is 4.39. The fraction of sp³-hybridized carbons (Fsp3) is 0.130. The molecule has 0 saturated carbocycles. The van der Waals surface area contributed by atoms with Gasteiger partial charge >= 0.3 is 11.8 Å². The van der Waals surface area contributed by atoms with E-state index in [1.807, 2.05) is 97.9 Å². The summed E-state index contributed by atoms with van der Waals surface area (Å²) < 4.78 is 0. The molecule has 2 amide bonds. The summed E-state index contributed by atoms with van der Waals surface area (Å²) in [5.41, 5.74) is 2.78. The molecule has 27 heavy (non-hydrogen) atoms. The zero-order valence-corrected chi connectivity index (χ0v) is 15.1. The van der Waals surface area contributed by atoms with Crippen LogP contribution >= 0.6 is 0 Å². The molecule has 136 valence electrons. The lowest BCUT2D eigenvalue weighted by Crippen LogP contribution is -2.42. The Bertz CT molecular complexity index is 841. The average Bonchev–Trinajstić information content (AvgIpc) is 2.73. The summed E-state index contributed by atoms with van der Waals surface area (Å²) in [6.07, 6.45) is 0. The largest absolute Gasteiger partial charge is 0.341 e. The van der Waals surface area contributed by atoms with E-state index in [9.17, 15) is 9.59 Å². The van der Waals surface area contributed by atoms with Crippen molar-refractivity contribution < 1.29 is 9.59 Å². The highest BCUT2D eigenvalue weighted by Crippen LogP contribution is 2.21. The minimum atomic E-state index is -0.657. The minimum absolute atomic E-state index is 0.253. The van der Waals surface area contributed by atoms with Crippen LogP contribution in [0.3, 0.4) is 0 Å². The average molecular weight is 358 g/mol.